The number of carboxylic acids is 1. The molecule has 0 aliphatic rings. The first-order valence-corrected chi connectivity index (χ1v) is 4.31. The molecule has 0 aliphatic heterocycles. The van der Waals surface area contributed by atoms with Gasteiger partial charge in [0.1, 0.15) is 0 Å². The van der Waals surface area contributed by atoms with E-state index in [4.69, 9.17) is 10.2 Å². The van der Waals surface area contributed by atoms with E-state index in [0.29, 0.717) is 6.07 Å². The predicted octanol–water partition coefficient (Wildman–Crippen LogP) is 2.13. The molecule has 6 heteroatoms. The predicted molar refractivity (Wildman–Crippen MR) is 48.8 cm³/mol. The zero-order valence-electron chi connectivity index (χ0n) is 8.25. The summed E-state index contributed by atoms with van der Waals surface area (Å²) in [6.45, 7) is 1.40. The van der Waals surface area contributed by atoms with Crippen LogP contribution in [0.15, 0.2) is 18.2 Å². The number of aliphatic carboxylic acids is 1. The third kappa shape index (κ3) is 2.73. The lowest BCUT2D eigenvalue weighted by atomic mass is 10.0. The fourth-order valence-corrected chi connectivity index (χ4v) is 1.28. The normalized spacial score (nSPS) is 13.6. The molecule has 3 nitrogen and oxygen atoms in total. The van der Waals surface area contributed by atoms with Crippen molar-refractivity contribution in [2.24, 2.45) is 0 Å². The highest BCUT2D eigenvalue weighted by Crippen LogP contribution is 2.31. The molecule has 1 unspecified atom stereocenters. The molecule has 1 atom stereocenters. The molecule has 0 aromatic heterocycles. The number of carbonyl (C=O) groups is 1. The van der Waals surface area contributed by atoms with Crippen LogP contribution in [0.5, 0.6) is 0 Å². The lowest BCUT2D eigenvalue weighted by Crippen LogP contribution is -2.13. The highest BCUT2D eigenvalue weighted by molar-refractivity contribution is 5.74. The Morgan fingerprint density at radius 2 is 1.88 bits per heavy atom. The Bertz CT molecular complexity index is 412. The number of alkyl halides is 3. The molecule has 0 fully saturated rings. The van der Waals surface area contributed by atoms with Crippen LogP contribution in [0.4, 0.5) is 13.2 Å². The Morgan fingerprint density at radius 1 is 1.31 bits per heavy atom. The number of benzene rings is 1. The lowest BCUT2D eigenvalue weighted by Gasteiger charge is -2.12. The van der Waals surface area contributed by atoms with Crippen LogP contribution in [0.3, 0.4) is 0 Å². The monoisotopic (exact) mass is 234 g/mol. The molecule has 16 heavy (non-hydrogen) atoms. The van der Waals surface area contributed by atoms with Crippen molar-refractivity contribution < 1.29 is 28.2 Å². The second-order valence-corrected chi connectivity index (χ2v) is 3.37. The van der Waals surface area contributed by atoms with Gasteiger partial charge in [-0.2, -0.15) is 13.2 Å². The van der Waals surface area contributed by atoms with Crippen LogP contribution in [0.1, 0.15) is 22.8 Å². The van der Waals surface area contributed by atoms with E-state index in [1.165, 1.54) is 13.0 Å². The lowest BCUT2D eigenvalue weighted by molar-refractivity contribution is -0.147. The third-order valence-electron chi connectivity index (χ3n) is 1.98. The summed E-state index contributed by atoms with van der Waals surface area (Å²) in [4.78, 5) is 10.4. The van der Waals surface area contributed by atoms with Gasteiger partial charge in [-0.25, -0.2) is 4.79 Å². The fraction of sp³-hybridized carbons (Fsp3) is 0.300. The van der Waals surface area contributed by atoms with Crippen LogP contribution < -0.4 is 0 Å². The standard InChI is InChI=1S/C10H9F3O3/c1-5-2-6(8(14)9(15)16)4-7(3-5)10(11,12)13/h2-4,8,14H,1H3,(H,15,16). The topological polar surface area (TPSA) is 57.5 Å². The van der Waals surface area contributed by atoms with E-state index in [1.807, 2.05) is 0 Å². The van der Waals surface area contributed by atoms with Crippen molar-refractivity contribution in [2.75, 3.05) is 0 Å². The summed E-state index contributed by atoms with van der Waals surface area (Å²) in [6, 6.07) is 2.72. The number of halogens is 3. The Hall–Kier alpha value is -1.56. The smallest absolute Gasteiger partial charge is 0.416 e. The quantitative estimate of drug-likeness (QED) is 0.824. The van der Waals surface area contributed by atoms with Crippen molar-refractivity contribution in [3.63, 3.8) is 0 Å². The van der Waals surface area contributed by atoms with Crippen LogP contribution in [-0.4, -0.2) is 16.2 Å². The second-order valence-electron chi connectivity index (χ2n) is 3.37. The summed E-state index contributed by atoms with van der Waals surface area (Å²) in [5.74, 6) is -1.58. The van der Waals surface area contributed by atoms with E-state index in [1.54, 1.807) is 0 Å². The maximum Gasteiger partial charge on any atom is 0.416 e. The van der Waals surface area contributed by atoms with E-state index >= 15 is 0 Å². The summed E-state index contributed by atoms with van der Waals surface area (Å²) in [6.07, 6.45) is -6.50. The van der Waals surface area contributed by atoms with Crippen molar-refractivity contribution in [1.29, 1.82) is 0 Å². The van der Waals surface area contributed by atoms with Crippen LogP contribution >= 0.6 is 0 Å². The molecule has 1 aromatic carbocycles. The average Bonchev–Trinajstić information content (AvgIpc) is 2.14. The molecule has 0 heterocycles. The Kier molecular flexibility index (Phi) is 3.23. The van der Waals surface area contributed by atoms with Gasteiger partial charge in [0, 0.05) is 0 Å². The van der Waals surface area contributed by atoms with Crippen molar-refractivity contribution in [3.8, 4) is 0 Å². The van der Waals surface area contributed by atoms with Crippen LogP contribution in [0, 0.1) is 6.92 Å². The summed E-state index contributed by atoms with van der Waals surface area (Å²) >= 11 is 0. The molecule has 0 bridgehead atoms. The molecular formula is C10H9F3O3. The van der Waals surface area contributed by atoms with Gasteiger partial charge < -0.3 is 10.2 Å². The Balaban J connectivity index is 3.23. The van der Waals surface area contributed by atoms with Crippen LogP contribution in [0.25, 0.3) is 0 Å². The van der Waals surface area contributed by atoms with Gasteiger partial charge in [0.25, 0.3) is 0 Å². The fourth-order valence-electron chi connectivity index (χ4n) is 1.28. The van der Waals surface area contributed by atoms with E-state index < -0.39 is 23.8 Å². The zero-order chi connectivity index (χ0) is 12.5. The molecule has 0 aliphatic carbocycles. The van der Waals surface area contributed by atoms with E-state index in [2.05, 4.69) is 0 Å². The molecule has 2 N–H and O–H groups in total. The molecular weight excluding hydrogens is 225 g/mol. The molecule has 88 valence electrons. The maximum atomic E-state index is 12.4. The van der Waals surface area contributed by atoms with Gasteiger partial charge in [0.2, 0.25) is 0 Å². The first kappa shape index (κ1) is 12.5. The van der Waals surface area contributed by atoms with E-state index in [9.17, 15) is 18.0 Å². The number of hydrogen-bond acceptors (Lipinski definition) is 2. The van der Waals surface area contributed by atoms with Crippen molar-refractivity contribution in [3.05, 3.63) is 34.9 Å². The van der Waals surface area contributed by atoms with Crippen molar-refractivity contribution >= 4 is 5.97 Å². The minimum absolute atomic E-state index is 0.241. The van der Waals surface area contributed by atoms with Gasteiger partial charge in [-0.05, 0) is 24.6 Å². The van der Waals surface area contributed by atoms with Crippen molar-refractivity contribution in [2.45, 2.75) is 19.2 Å². The second kappa shape index (κ2) is 4.13. The minimum atomic E-state index is -4.56. The molecule has 0 spiro atoms. The van der Waals surface area contributed by atoms with Gasteiger partial charge in [-0.3, -0.25) is 0 Å². The van der Waals surface area contributed by atoms with Gasteiger partial charge in [-0.1, -0.05) is 11.6 Å². The number of hydrogen-bond donors (Lipinski definition) is 2. The number of aliphatic hydroxyl groups is 1. The molecule has 0 saturated carbocycles. The first-order chi connectivity index (χ1) is 7.21. The average molecular weight is 234 g/mol. The Morgan fingerprint density at radius 3 is 2.31 bits per heavy atom. The summed E-state index contributed by atoms with van der Waals surface area (Å²) in [5, 5.41) is 17.6. The van der Waals surface area contributed by atoms with E-state index in [0.717, 1.165) is 6.07 Å². The Labute approximate surface area is 89.1 Å². The highest BCUT2D eigenvalue weighted by atomic mass is 19.4. The number of carboxylic acid groups (broad SMARTS) is 1. The van der Waals surface area contributed by atoms with Gasteiger partial charge >= 0.3 is 12.1 Å². The maximum absolute atomic E-state index is 12.4. The van der Waals surface area contributed by atoms with Crippen LogP contribution in [-0.2, 0) is 11.0 Å². The first-order valence-electron chi connectivity index (χ1n) is 4.31. The summed E-state index contributed by atoms with van der Waals surface area (Å²) < 4.78 is 37.1. The number of aryl methyl sites for hydroxylation is 1. The SMILES string of the molecule is Cc1cc(C(O)C(=O)O)cc(C(F)(F)F)c1. The molecule has 1 rings (SSSR count). The summed E-state index contributed by atoms with van der Waals surface area (Å²) in [5.41, 5.74) is -1.01. The van der Waals surface area contributed by atoms with E-state index in [-0.39, 0.29) is 11.1 Å². The molecule has 0 amide bonds. The minimum Gasteiger partial charge on any atom is -0.479 e. The molecule has 0 radical (unpaired) electrons. The highest BCUT2D eigenvalue weighted by Gasteiger charge is 2.32. The van der Waals surface area contributed by atoms with Crippen molar-refractivity contribution in [1.82, 2.24) is 0 Å². The largest absolute Gasteiger partial charge is 0.479 e. The number of aliphatic hydroxyl groups excluding tert-OH is 1. The van der Waals surface area contributed by atoms with Crippen LogP contribution in [0.2, 0.25) is 0 Å². The summed E-state index contributed by atoms with van der Waals surface area (Å²) in [7, 11) is 0. The number of rotatable bonds is 2. The molecule has 0 saturated heterocycles. The molecule has 1 aromatic rings. The van der Waals surface area contributed by atoms with Gasteiger partial charge in [-0.15, -0.1) is 0 Å². The zero-order valence-corrected chi connectivity index (χ0v) is 8.25. The van der Waals surface area contributed by atoms with Gasteiger partial charge in [0.15, 0.2) is 6.10 Å². The van der Waals surface area contributed by atoms with Gasteiger partial charge in [0.05, 0.1) is 5.56 Å². The third-order valence-corrected chi connectivity index (χ3v) is 1.98.